The Bertz CT molecular complexity index is 338. The SMILES string of the molecule is COCC(CNCC(C)C)Oc1ccc(OC)cc1. The second kappa shape index (κ2) is 8.77. The molecule has 0 bridgehead atoms. The van der Waals surface area contributed by atoms with Crippen LogP contribution in [-0.2, 0) is 4.74 Å². The lowest BCUT2D eigenvalue weighted by Crippen LogP contribution is -2.36. The van der Waals surface area contributed by atoms with E-state index in [0.717, 1.165) is 24.6 Å². The van der Waals surface area contributed by atoms with Crippen molar-refractivity contribution in [3.63, 3.8) is 0 Å². The monoisotopic (exact) mass is 267 g/mol. The van der Waals surface area contributed by atoms with Crippen LogP contribution in [0.25, 0.3) is 0 Å². The Balaban J connectivity index is 2.46. The van der Waals surface area contributed by atoms with E-state index in [2.05, 4.69) is 19.2 Å². The second-order valence-corrected chi connectivity index (χ2v) is 4.92. The second-order valence-electron chi connectivity index (χ2n) is 4.92. The van der Waals surface area contributed by atoms with Crippen molar-refractivity contribution in [1.29, 1.82) is 0 Å². The van der Waals surface area contributed by atoms with Crippen molar-refractivity contribution in [1.82, 2.24) is 5.32 Å². The average molecular weight is 267 g/mol. The van der Waals surface area contributed by atoms with Crippen LogP contribution in [0.2, 0.25) is 0 Å². The zero-order chi connectivity index (χ0) is 14.1. The van der Waals surface area contributed by atoms with Crippen molar-refractivity contribution in [2.75, 3.05) is 33.9 Å². The number of hydrogen-bond acceptors (Lipinski definition) is 4. The van der Waals surface area contributed by atoms with Gasteiger partial charge in [-0.3, -0.25) is 0 Å². The number of rotatable bonds is 9. The van der Waals surface area contributed by atoms with Crippen LogP contribution >= 0.6 is 0 Å². The van der Waals surface area contributed by atoms with Gasteiger partial charge < -0.3 is 19.5 Å². The molecule has 1 unspecified atom stereocenters. The van der Waals surface area contributed by atoms with E-state index >= 15 is 0 Å². The van der Waals surface area contributed by atoms with Gasteiger partial charge in [0.25, 0.3) is 0 Å². The highest BCUT2D eigenvalue weighted by Gasteiger charge is 2.10. The van der Waals surface area contributed by atoms with E-state index in [9.17, 15) is 0 Å². The summed E-state index contributed by atoms with van der Waals surface area (Å²) in [7, 11) is 3.34. The molecule has 4 heteroatoms. The van der Waals surface area contributed by atoms with Gasteiger partial charge in [0.2, 0.25) is 0 Å². The van der Waals surface area contributed by atoms with E-state index in [4.69, 9.17) is 14.2 Å². The summed E-state index contributed by atoms with van der Waals surface area (Å²) in [6, 6.07) is 7.59. The Hall–Kier alpha value is -1.26. The van der Waals surface area contributed by atoms with Crippen LogP contribution in [0.15, 0.2) is 24.3 Å². The molecule has 1 aromatic rings. The number of benzene rings is 1. The van der Waals surface area contributed by atoms with Gasteiger partial charge in [-0.25, -0.2) is 0 Å². The lowest BCUT2D eigenvalue weighted by atomic mass is 10.2. The maximum Gasteiger partial charge on any atom is 0.134 e. The predicted molar refractivity (Wildman–Crippen MR) is 77.0 cm³/mol. The minimum atomic E-state index is 0.0112. The van der Waals surface area contributed by atoms with Crippen molar-refractivity contribution in [2.45, 2.75) is 20.0 Å². The fraction of sp³-hybridized carbons (Fsp3) is 0.600. The molecule has 0 aromatic heterocycles. The van der Waals surface area contributed by atoms with E-state index < -0.39 is 0 Å². The molecule has 0 aliphatic rings. The first-order valence-corrected chi connectivity index (χ1v) is 6.66. The van der Waals surface area contributed by atoms with Gasteiger partial charge in [0, 0.05) is 13.7 Å². The Labute approximate surface area is 116 Å². The standard InChI is InChI=1S/C15H25NO3/c1-12(2)9-16-10-15(11-17-3)19-14-7-5-13(18-4)6-8-14/h5-8,12,15-16H,9-11H2,1-4H3. The fourth-order valence-electron chi connectivity index (χ4n) is 1.70. The third-order valence-electron chi connectivity index (χ3n) is 2.64. The summed E-state index contributed by atoms with van der Waals surface area (Å²) < 4.78 is 16.2. The molecule has 0 heterocycles. The number of hydrogen-bond donors (Lipinski definition) is 1. The first-order chi connectivity index (χ1) is 9.15. The van der Waals surface area contributed by atoms with Crippen LogP contribution in [0.1, 0.15) is 13.8 Å². The molecular formula is C15H25NO3. The molecule has 1 N–H and O–H groups in total. The predicted octanol–water partition coefficient (Wildman–Crippen LogP) is 2.33. The third-order valence-corrected chi connectivity index (χ3v) is 2.64. The Kier molecular flexibility index (Phi) is 7.30. The highest BCUT2D eigenvalue weighted by Crippen LogP contribution is 2.18. The van der Waals surface area contributed by atoms with Gasteiger partial charge in [-0.15, -0.1) is 0 Å². The number of methoxy groups -OCH3 is 2. The van der Waals surface area contributed by atoms with Gasteiger partial charge in [-0.2, -0.15) is 0 Å². The molecule has 0 saturated heterocycles. The molecule has 0 radical (unpaired) electrons. The van der Waals surface area contributed by atoms with E-state index in [0.29, 0.717) is 12.5 Å². The van der Waals surface area contributed by atoms with Crippen LogP contribution in [0.4, 0.5) is 0 Å². The fourth-order valence-corrected chi connectivity index (χ4v) is 1.70. The van der Waals surface area contributed by atoms with Crippen LogP contribution in [-0.4, -0.2) is 40.0 Å². The molecule has 1 atom stereocenters. The van der Waals surface area contributed by atoms with Gasteiger partial charge in [-0.05, 0) is 36.7 Å². The first-order valence-electron chi connectivity index (χ1n) is 6.66. The van der Waals surface area contributed by atoms with Crippen LogP contribution < -0.4 is 14.8 Å². The Morgan fingerprint density at radius 2 is 1.63 bits per heavy atom. The lowest BCUT2D eigenvalue weighted by Gasteiger charge is -2.19. The minimum Gasteiger partial charge on any atom is -0.497 e. The molecular weight excluding hydrogens is 242 g/mol. The van der Waals surface area contributed by atoms with Crippen molar-refractivity contribution in [2.24, 2.45) is 5.92 Å². The Morgan fingerprint density at radius 3 is 2.16 bits per heavy atom. The van der Waals surface area contributed by atoms with Crippen molar-refractivity contribution in [3.05, 3.63) is 24.3 Å². The van der Waals surface area contributed by atoms with Crippen molar-refractivity contribution in [3.8, 4) is 11.5 Å². The zero-order valence-corrected chi connectivity index (χ0v) is 12.3. The quantitative estimate of drug-likeness (QED) is 0.745. The normalized spacial score (nSPS) is 12.5. The van der Waals surface area contributed by atoms with Gasteiger partial charge >= 0.3 is 0 Å². The smallest absolute Gasteiger partial charge is 0.134 e. The summed E-state index contributed by atoms with van der Waals surface area (Å²) in [5.41, 5.74) is 0. The van der Waals surface area contributed by atoms with Gasteiger partial charge in [0.1, 0.15) is 17.6 Å². The van der Waals surface area contributed by atoms with E-state index in [1.807, 2.05) is 24.3 Å². The first kappa shape index (κ1) is 15.8. The maximum atomic E-state index is 5.89. The van der Waals surface area contributed by atoms with Crippen molar-refractivity contribution >= 4 is 0 Å². The summed E-state index contributed by atoms with van der Waals surface area (Å²) in [5, 5.41) is 3.38. The third kappa shape index (κ3) is 6.45. The number of ether oxygens (including phenoxy) is 3. The van der Waals surface area contributed by atoms with Crippen molar-refractivity contribution < 1.29 is 14.2 Å². The molecule has 0 aliphatic heterocycles. The molecule has 0 fully saturated rings. The summed E-state index contributed by atoms with van der Waals surface area (Å²) in [6.45, 7) is 6.69. The van der Waals surface area contributed by atoms with Crippen LogP contribution in [0.3, 0.4) is 0 Å². The van der Waals surface area contributed by atoms with E-state index in [1.54, 1.807) is 14.2 Å². The number of nitrogens with one attached hydrogen (secondary N) is 1. The summed E-state index contributed by atoms with van der Waals surface area (Å²) in [4.78, 5) is 0. The lowest BCUT2D eigenvalue weighted by molar-refractivity contribution is 0.0802. The van der Waals surface area contributed by atoms with E-state index in [1.165, 1.54) is 0 Å². The molecule has 0 aliphatic carbocycles. The molecule has 0 amide bonds. The summed E-state index contributed by atoms with van der Waals surface area (Å²) in [5.74, 6) is 2.28. The van der Waals surface area contributed by atoms with Crippen LogP contribution in [0, 0.1) is 5.92 Å². The molecule has 19 heavy (non-hydrogen) atoms. The van der Waals surface area contributed by atoms with Gasteiger partial charge in [-0.1, -0.05) is 13.8 Å². The van der Waals surface area contributed by atoms with Crippen LogP contribution in [0.5, 0.6) is 11.5 Å². The average Bonchev–Trinajstić information content (AvgIpc) is 2.39. The maximum absolute atomic E-state index is 5.89. The highest BCUT2D eigenvalue weighted by atomic mass is 16.5. The molecule has 1 rings (SSSR count). The van der Waals surface area contributed by atoms with E-state index in [-0.39, 0.29) is 6.10 Å². The minimum absolute atomic E-state index is 0.0112. The zero-order valence-electron chi connectivity index (χ0n) is 12.3. The molecule has 1 aromatic carbocycles. The highest BCUT2D eigenvalue weighted by molar-refractivity contribution is 5.31. The summed E-state index contributed by atoms with van der Waals surface area (Å²) >= 11 is 0. The molecule has 0 spiro atoms. The summed E-state index contributed by atoms with van der Waals surface area (Å²) in [6.07, 6.45) is 0.0112. The molecule has 0 saturated carbocycles. The molecule has 108 valence electrons. The molecule has 4 nitrogen and oxygen atoms in total. The largest absolute Gasteiger partial charge is 0.497 e. The van der Waals surface area contributed by atoms with Gasteiger partial charge in [0.15, 0.2) is 0 Å². The topological polar surface area (TPSA) is 39.7 Å². The van der Waals surface area contributed by atoms with Gasteiger partial charge in [0.05, 0.1) is 13.7 Å². The Morgan fingerprint density at radius 1 is 1.00 bits per heavy atom.